The second kappa shape index (κ2) is 8.90. The largest absolute Gasteiger partial charge is 0.465 e. The molecule has 1 aromatic carbocycles. The molecule has 2 aromatic rings. The molecule has 1 aromatic heterocycles. The highest BCUT2D eigenvalue weighted by molar-refractivity contribution is 7.13. The maximum Gasteiger partial charge on any atom is 0.416 e. The maximum absolute atomic E-state index is 13.4. The second-order valence-corrected chi connectivity index (χ2v) is 7.34. The highest BCUT2D eigenvalue weighted by Crippen LogP contribution is 2.36. The number of thiophene rings is 1. The van der Waals surface area contributed by atoms with Gasteiger partial charge in [-0.1, -0.05) is 12.1 Å². The van der Waals surface area contributed by atoms with Crippen LogP contribution in [0.3, 0.4) is 0 Å². The molecule has 0 aliphatic rings. The van der Waals surface area contributed by atoms with Crippen molar-refractivity contribution in [3.8, 4) is 0 Å². The summed E-state index contributed by atoms with van der Waals surface area (Å²) in [5.74, 6) is -1.77. The Hall–Kier alpha value is -2.82. The van der Waals surface area contributed by atoms with Crippen LogP contribution in [0.15, 0.2) is 36.4 Å². The molecule has 0 fully saturated rings. The van der Waals surface area contributed by atoms with Crippen LogP contribution in [-0.4, -0.2) is 25.2 Å². The summed E-state index contributed by atoms with van der Waals surface area (Å²) in [6.07, 6.45) is -7.85. The first-order chi connectivity index (χ1) is 13.8. The van der Waals surface area contributed by atoms with Crippen molar-refractivity contribution in [2.45, 2.75) is 25.3 Å². The Balaban J connectivity index is 2.23. The topological polar surface area (TPSA) is 55.4 Å². The molecule has 1 unspecified atom stereocenters. The van der Waals surface area contributed by atoms with E-state index in [2.05, 4.69) is 4.74 Å². The summed E-state index contributed by atoms with van der Waals surface area (Å²) < 4.78 is 83.1. The molecule has 11 heteroatoms. The highest BCUT2D eigenvalue weighted by atomic mass is 32.1. The van der Waals surface area contributed by atoms with Crippen molar-refractivity contribution in [2.24, 2.45) is 0 Å². The van der Waals surface area contributed by atoms with Gasteiger partial charge in [-0.2, -0.15) is 26.3 Å². The molecular formula is C19H15F6NO3S. The van der Waals surface area contributed by atoms with Crippen LogP contribution < -0.4 is 5.32 Å². The molecule has 0 spiro atoms. The third kappa shape index (κ3) is 5.85. The molecule has 1 heterocycles. The average molecular weight is 451 g/mol. The predicted molar refractivity (Wildman–Crippen MR) is 97.8 cm³/mol. The van der Waals surface area contributed by atoms with Crippen LogP contribution in [0.25, 0.3) is 6.08 Å². The van der Waals surface area contributed by atoms with Crippen molar-refractivity contribution >= 4 is 29.3 Å². The molecule has 0 aliphatic carbocycles. The molecule has 2 rings (SSSR count). The lowest BCUT2D eigenvalue weighted by molar-refractivity contribution is -0.162. The quantitative estimate of drug-likeness (QED) is 0.382. The number of rotatable bonds is 5. The van der Waals surface area contributed by atoms with Crippen LogP contribution in [0.1, 0.15) is 37.3 Å². The van der Waals surface area contributed by atoms with Crippen molar-refractivity contribution in [3.05, 3.63) is 62.9 Å². The number of alkyl halides is 6. The Morgan fingerprint density at radius 2 is 1.80 bits per heavy atom. The number of carbonyl (C=O) groups is 2. The lowest BCUT2D eigenvalue weighted by Crippen LogP contribution is -2.37. The third-order valence-corrected chi connectivity index (χ3v) is 4.92. The normalized spacial score (nSPS) is 13.3. The van der Waals surface area contributed by atoms with Gasteiger partial charge in [0, 0.05) is 15.8 Å². The number of ether oxygens (including phenoxy) is 1. The minimum absolute atomic E-state index is 0.250. The highest BCUT2D eigenvalue weighted by Gasteiger charge is 2.42. The van der Waals surface area contributed by atoms with E-state index in [0.717, 1.165) is 29.5 Å². The molecule has 1 amide bonds. The SMILES string of the molecule is COC(=O)c1cc(/C=C/C(=O)NC(c2cccc(C(F)(F)F)c2)C(F)(F)F)sc1C. The number of aryl methyl sites for hydroxylation is 1. The number of methoxy groups -OCH3 is 1. The Bertz CT molecular complexity index is 962. The fraction of sp³-hybridized carbons (Fsp3) is 0.263. The van der Waals surface area contributed by atoms with Crippen molar-refractivity contribution < 1.29 is 40.7 Å². The number of hydrogen-bond donors (Lipinski definition) is 1. The van der Waals surface area contributed by atoms with Crippen LogP contribution in [0.2, 0.25) is 0 Å². The van der Waals surface area contributed by atoms with Crippen LogP contribution in [0, 0.1) is 6.92 Å². The molecule has 4 nitrogen and oxygen atoms in total. The summed E-state index contributed by atoms with van der Waals surface area (Å²) in [6, 6.07) is 1.44. The summed E-state index contributed by atoms with van der Waals surface area (Å²) in [5.41, 5.74) is -1.76. The van der Waals surface area contributed by atoms with Crippen LogP contribution in [-0.2, 0) is 15.7 Å². The van der Waals surface area contributed by atoms with Gasteiger partial charge in [0.2, 0.25) is 5.91 Å². The van der Waals surface area contributed by atoms with Gasteiger partial charge in [-0.3, -0.25) is 4.79 Å². The van der Waals surface area contributed by atoms with Crippen molar-refractivity contribution in [1.29, 1.82) is 0 Å². The third-order valence-electron chi connectivity index (χ3n) is 3.90. The van der Waals surface area contributed by atoms with E-state index in [0.29, 0.717) is 21.9 Å². The van der Waals surface area contributed by atoms with E-state index in [9.17, 15) is 35.9 Å². The van der Waals surface area contributed by atoms with E-state index in [1.54, 1.807) is 12.2 Å². The zero-order chi connectivity index (χ0) is 22.7. The lowest BCUT2D eigenvalue weighted by Gasteiger charge is -2.22. The predicted octanol–water partition coefficient (Wildman–Crippen LogP) is 5.29. The fourth-order valence-corrected chi connectivity index (χ4v) is 3.42. The first kappa shape index (κ1) is 23.5. The van der Waals surface area contributed by atoms with E-state index in [1.807, 2.05) is 0 Å². The number of hydrogen-bond acceptors (Lipinski definition) is 4. The molecule has 30 heavy (non-hydrogen) atoms. The minimum atomic E-state index is -5.02. The van der Waals surface area contributed by atoms with Gasteiger partial charge in [0.25, 0.3) is 0 Å². The number of amides is 1. The van der Waals surface area contributed by atoms with Crippen LogP contribution in [0.5, 0.6) is 0 Å². The van der Waals surface area contributed by atoms with E-state index in [1.165, 1.54) is 19.3 Å². The molecule has 0 bridgehead atoms. The van der Waals surface area contributed by atoms with Gasteiger partial charge in [0.15, 0.2) is 6.04 Å². The number of benzene rings is 1. The van der Waals surface area contributed by atoms with Crippen molar-refractivity contribution in [1.82, 2.24) is 5.32 Å². The molecule has 0 radical (unpaired) electrons. The Kier molecular flexibility index (Phi) is 6.96. The van der Waals surface area contributed by atoms with Gasteiger partial charge in [-0.25, -0.2) is 4.79 Å². The van der Waals surface area contributed by atoms with Gasteiger partial charge in [0.1, 0.15) is 0 Å². The second-order valence-electron chi connectivity index (χ2n) is 6.05. The van der Waals surface area contributed by atoms with Crippen molar-refractivity contribution in [3.63, 3.8) is 0 Å². The standard InChI is InChI=1S/C19H15F6NO3S/c1-10-14(17(28)29-2)9-13(30-10)6-7-15(27)26-16(19(23,24)25)11-4-3-5-12(8-11)18(20,21)22/h3-9,16H,1-2H3,(H,26,27)/b7-6+. The zero-order valence-corrected chi connectivity index (χ0v) is 16.3. The number of halogens is 6. The number of nitrogens with one attached hydrogen (secondary N) is 1. The summed E-state index contributed by atoms with van der Waals surface area (Å²) in [4.78, 5) is 24.6. The van der Waals surface area contributed by atoms with Crippen molar-refractivity contribution in [2.75, 3.05) is 7.11 Å². The first-order valence-corrected chi connectivity index (χ1v) is 9.05. The lowest BCUT2D eigenvalue weighted by atomic mass is 10.0. The minimum Gasteiger partial charge on any atom is -0.465 e. The van der Waals surface area contributed by atoms with E-state index in [-0.39, 0.29) is 5.56 Å². The smallest absolute Gasteiger partial charge is 0.416 e. The molecule has 0 saturated carbocycles. The van der Waals surface area contributed by atoms with Crippen LogP contribution >= 0.6 is 11.3 Å². The first-order valence-electron chi connectivity index (χ1n) is 8.24. The molecule has 162 valence electrons. The van der Waals surface area contributed by atoms with Crippen LogP contribution in [0.4, 0.5) is 26.3 Å². The Morgan fingerprint density at radius 3 is 2.37 bits per heavy atom. The average Bonchev–Trinajstić information content (AvgIpc) is 3.03. The van der Waals surface area contributed by atoms with Gasteiger partial charge in [-0.05, 0) is 36.8 Å². The molecular weight excluding hydrogens is 436 g/mol. The maximum atomic E-state index is 13.4. The molecule has 0 saturated heterocycles. The number of carbonyl (C=O) groups excluding carboxylic acids is 2. The van der Waals surface area contributed by atoms with Gasteiger partial charge in [-0.15, -0.1) is 11.3 Å². The summed E-state index contributed by atoms with van der Waals surface area (Å²) in [5, 5.41) is 1.67. The Labute approximate surface area is 171 Å². The van der Waals surface area contributed by atoms with Gasteiger partial charge < -0.3 is 10.1 Å². The van der Waals surface area contributed by atoms with E-state index >= 15 is 0 Å². The monoisotopic (exact) mass is 451 g/mol. The summed E-state index contributed by atoms with van der Waals surface area (Å²) in [6.45, 7) is 1.63. The van der Waals surface area contributed by atoms with E-state index in [4.69, 9.17) is 0 Å². The Morgan fingerprint density at radius 1 is 1.13 bits per heavy atom. The summed E-state index contributed by atoms with van der Waals surface area (Å²) >= 11 is 1.11. The fourth-order valence-electron chi connectivity index (χ4n) is 2.50. The zero-order valence-electron chi connectivity index (χ0n) is 15.5. The number of esters is 1. The van der Waals surface area contributed by atoms with Gasteiger partial charge >= 0.3 is 18.3 Å². The van der Waals surface area contributed by atoms with E-state index < -0.39 is 41.4 Å². The summed E-state index contributed by atoms with van der Waals surface area (Å²) in [7, 11) is 1.19. The molecule has 1 atom stereocenters. The molecule has 0 aliphatic heterocycles. The van der Waals surface area contributed by atoms with Gasteiger partial charge in [0.05, 0.1) is 18.2 Å². The molecule has 1 N–H and O–H groups in total.